The fourth-order valence-electron chi connectivity index (χ4n) is 4.47. The molecule has 0 amide bonds. The summed E-state index contributed by atoms with van der Waals surface area (Å²) in [4.78, 5) is 16.5. The summed E-state index contributed by atoms with van der Waals surface area (Å²) in [7, 11) is 5.18. The third kappa shape index (κ3) is 4.91. The molecular formula is C24H28Cl2N6O3. The lowest BCUT2D eigenvalue weighted by atomic mass is 10.1. The van der Waals surface area contributed by atoms with E-state index in [9.17, 15) is 0 Å². The maximum absolute atomic E-state index is 6.69. The van der Waals surface area contributed by atoms with Gasteiger partial charge in [-0.05, 0) is 26.0 Å². The van der Waals surface area contributed by atoms with Crippen molar-refractivity contribution in [3.8, 4) is 22.8 Å². The zero-order valence-electron chi connectivity index (χ0n) is 19.9. The number of anilines is 2. The molecule has 35 heavy (non-hydrogen) atoms. The Morgan fingerprint density at radius 1 is 1.03 bits per heavy atom. The molecular weight excluding hydrogens is 491 g/mol. The van der Waals surface area contributed by atoms with E-state index >= 15 is 0 Å². The Morgan fingerprint density at radius 3 is 2.40 bits per heavy atom. The molecule has 2 aliphatic heterocycles. The average Bonchev–Trinajstić information content (AvgIpc) is 2.84. The van der Waals surface area contributed by atoms with Crippen molar-refractivity contribution in [2.75, 3.05) is 58.2 Å². The van der Waals surface area contributed by atoms with Crippen molar-refractivity contribution in [3.05, 3.63) is 28.4 Å². The Hall–Kier alpha value is -2.59. The summed E-state index contributed by atoms with van der Waals surface area (Å²) in [5, 5.41) is 8.47. The van der Waals surface area contributed by atoms with Crippen molar-refractivity contribution in [3.63, 3.8) is 0 Å². The van der Waals surface area contributed by atoms with Gasteiger partial charge < -0.3 is 29.7 Å². The number of halogens is 2. The highest BCUT2D eigenvalue weighted by Crippen LogP contribution is 2.46. The van der Waals surface area contributed by atoms with Crippen LogP contribution in [0.2, 0.25) is 10.0 Å². The van der Waals surface area contributed by atoms with Crippen molar-refractivity contribution >= 4 is 45.9 Å². The number of ether oxygens (including phenoxy) is 3. The van der Waals surface area contributed by atoms with Crippen LogP contribution in [0.25, 0.3) is 22.2 Å². The molecule has 3 aromatic rings. The molecule has 0 radical (unpaired) electrons. The van der Waals surface area contributed by atoms with E-state index in [4.69, 9.17) is 47.4 Å². The monoisotopic (exact) mass is 518 g/mol. The van der Waals surface area contributed by atoms with Crippen molar-refractivity contribution in [1.82, 2.24) is 19.9 Å². The first-order valence-electron chi connectivity index (χ1n) is 11.5. The van der Waals surface area contributed by atoms with Crippen molar-refractivity contribution < 1.29 is 14.2 Å². The molecule has 1 aromatic carbocycles. The number of pyridine rings is 1. The van der Waals surface area contributed by atoms with Gasteiger partial charge in [-0.15, -0.1) is 0 Å². The number of nitrogens with zero attached hydrogens (tertiary/aromatic N) is 4. The molecule has 0 saturated carbocycles. The van der Waals surface area contributed by atoms with E-state index in [0.717, 1.165) is 43.4 Å². The number of likely N-dealkylation sites (tertiary alicyclic amines) is 1. The molecule has 4 heterocycles. The molecule has 9 nitrogen and oxygen atoms in total. The molecule has 0 aliphatic carbocycles. The Balaban J connectivity index is 1.60. The maximum Gasteiger partial charge on any atom is 0.223 e. The first-order valence-corrected chi connectivity index (χ1v) is 12.3. The number of fused-ring (bicyclic) bond motifs is 1. The van der Waals surface area contributed by atoms with E-state index in [2.05, 4.69) is 27.6 Å². The smallest absolute Gasteiger partial charge is 0.223 e. The van der Waals surface area contributed by atoms with Gasteiger partial charge in [0, 0.05) is 42.9 Å². The number of hydrogen-bond donors (Lipinski definition) is 2. The Labute approximate surface area is 214 Å². The van der Waals surface area contributed by atoms with Crippen LogP contribution >= 0.6 is 23.2 Å². The van der Waals surface area contributed by atoms with Crippen LogP contribution in [0.15, 0.2) is 18.3 Å². The third-order valence-corrected chi connectivity index (χ3v) is 7.04. The second-order valence-electron chi connectivity index (χ2n) is 8.89. The summed E-state index contributed by atoms with van der Waals surface area (Å²) in [6.45, 7) is 3.27. The second kappa shape index (κ2) is 10.2. The number of nitrogens with one attached hydrogen (secondary N) is 2. The molecule has 5 rings (SSSR count). The normalized spacial score (nSPS) is 18.8. The van der Waals surface area contributed by atoms with Gasteiger partial charge in [0.05, 0.1) is 48.6 Å². The van der Waals surface area contributed by atoms with Gasteiger partial charge in [0.25, 0.3) is 0 Å². The van der Waals surface area contributed by atoms with Crippen LogP contribution in [0.5, 0.6) is 11.5 Å². The highest BCUT2D eigenvalue weighted by atomic mass is 35.5. The zero-order valence-corrected chi connectivity index (χ0v) is 21.4. The van der Waals surface area contributed by atoms with Crippen LogP contribution < -0.4 is 20.1 Å². The predicted molar refractivity (Wildman–Crippen MR) is 138 cm³/mol. The molecule has 2 N–H and O–H groups in total. The van der Waals surface area contributed by atoms with E-state index in [1.54, 1.807) is 26.5 Å². The molecule has 0 spiro atoms. The van der Waals surface area contributed by atoms with Gasteiger partial charge >= 0.3 is 0 Å². The van der Waals surface area contributed by atoms with Crippen LogP contribution in [-0.4, -0.2) is 79.5 Å². The molecule has 2 saturated heterocycles. The molecule has 11 heteroatoms. The van der Waals surface area contributed by atoms with Crippen LogP contribution in [0, 0.1) is 0 Å². The van der Waals surface area contributed by atoms with Gasteiger partial charge in [-0.25, -0.2) is 15.0 Å². The van der Waals surface area contributed by atoms with Crippen molar-refractivity contribution in [2.45, 2.75) is 24.9 Å². The summed E-state index contributed by atoms with van der Waals surface area (Å²) < 4.78 is 16.5. The van der Waals surface area contributed by atoms with E-state index in [0.29, 0.717) is 51.2 Å². The topological polar surface area (TPSA) is 93.7 Å². The standard InChI is InChI=1S/C24H28Cl2N6O3/c1-32-10-15(11-32)28-23-22-13(9-27-24(31-22)29-14-5-4-6-35-12-14)7-16(30-23)19-20(25)17(33-2)8-18(34-3)21(19)26/h7-9,14-15H,4-6,10-12H2,1-3H3,(H,28,30)(H,27,29,31). The van der Waals surface area contributed by atoms with Gasteiger partial charge in [0.2, 0.25) is 5.95 Å². The highest BCUT2D eigenvalue weighted by Gasteiger charge is 2.26. The first kappa shape index (κ1) is 24.1. The molecule has 1 atom stereocenters. The van der Waals surface area contributed by atoms with Crippen molar-refractivity contribution in [2.24, 2.45) is 0 Å². The minimum Gasteiger partial charge on any atom is -0.495 e. The minimum absolute atomic E-state index is 0.187. The summed E-state index contributed by atoms with van der Waals surface area (Å²) in [6, 6.07) is 3.99. The predicted octanol–water partition coefficient (Wildman–Crippen LogP) is 4.33. The quantitative estimate of drug-likeness (QED) is 0.473. The summed E-state index contributed by atoms with van der Waals surface area (Å²) in [5.74, 6) is 2.10. The lowest BCUT2D eigenvalue weighted by Crippen LogP contribution is -2.52. The Morgan fingerprint density at radius 2 is 1.77 bits per heavy atom. The summed E-state index contributed by atoms with van der Waals surface area (Å²) in [6.07, 6.45) is 3.83. The fraction of sp³-hybridized carbons (Fsp3) is 0.458. The molecule has 1 unspecified atom stereocenters. The van der Waals surface area contributed by atoms with E-state index in [-0.39, 0.29) is 12.1 Å². The van der Waals surface area contributed by atoms with Crippen LogP contribution in [-0.2, 0) is 4.74 Å². The number of hydrogen-bond acceptors (Lipinski definition) is 9. The van der Waals surface area contributed by atoms with E-state index < -0.39 is 0 Å². The molecule has 186 valence electrons. The summed E-state index contributed by atoms with van der Waals surface area (Å²) >= 11 is 13.4. The van der Waals surface area contributed by atoms with Crippen LogP contribution in [0.3, 0.4) is 0 Å². The first-order chi connectivity index (χ1) is 17.0. The Kier molecular flexibility index (Phi) is 7.02. The third-order valence-electron chi connectivity index (χ3n) is 6.29. The summed E-state index contributed by atoms with van der Waals surface area (Å²) in [5.41, 5.74) is 1.83. The van der Waals surface area contributed by atoms with Gasteiger partial charge in [-0.2, -0.15) is 0 Å². The average molecular weight is 519 g/mol. The molecule has 2 aromatic heterocycles. The molecule has 2 fully saturated rings. The van der Waals surface area contributed by atoms with E-state index in [1.807, 2.05) is 6.07 Å². The lowest BCUT2D eigenvalue weighted by Gasteiger charge is -2.37. The molecule has 0 bridgehead atoms. The number of aromatic nitrogens is 3. The maximum atomic E-state index is 6.69. The van der Waals surface area contributed by atoms with Gasteiger partial charge in [0.15, 0.2) is 5.82 Å². The van der Waals surface area contributed by atoms with E-state index in [1.165, 1.54) is 0 Å². The van der Waals surface area contributed by atoms with Gasteiger partial charge in [-0.1, -0.05) is 23.2 Å². The minimum atomic E-state index is 0.187. The van der Waals surface area contributed by atoms with Gasteiger partial charge in [0.1, 0.15) is 17.0 Å². The zero-order chi connectivity index (χ0) is 24.5. The number of likely N-dealkylation sites (N-methyl/N-ethyl adjacent to an activating group) is 1. The highest BCUT2D eigenvalue weighted by molar-refractivity contribution is 6.41. The Bertz CT molecular complexity index is 1200. The molecule has 2 aliphatic rings. The SMILES string of the molecule is COc1cc(OC)c(Cl)c(-c2cc3cnc(NC4CCCOC4)nc3c(NC3CN(C)C3)n2)c1Cl. The lowest BCUT2D eigenvalue weighted by molar-refractivity contribution is 0.0874. The number of methoxy groups -OCH3 is 2. The van der Waals surface area contributed by atoms with Crippen LogP contribution in [0.4, 0.5) is 11.8 Å². The fourth-order valence-corrected chi connectivity index (χ4v) is 5.16. The van der Waals surface area contributed by atoms with Gasteiger partial charge in [-0.3, -0.25) is 0 Å². The van der Waals surface area contributed by atoms with Crippen molar-refractivity contribution in [1.29, 1.82) is 0 Å². The second-order valence-corrected chi connectivity index (χ2v) is 9.65. The van der Waals surface area contributed by atoms with Crippen LogP contribution in [0.1, 0.15) is 12.8 Å². The largest absolute Gasteiger partial charge is 0.495 e. The number of rotatable bonds is 7. The number of benzene rings is 1.